The fraction of sp³-hybridized carbons (Fsp3) is 0.111. The van der Waals surface area contributed by atoms with Gasteiger partial charge in [-0.3, -0.25) is 0 Å². The maximum Gasteiger partial charge on any atom is 0.349 e. The van der Waals surface area contributed by atoms with Gasteiger partial charge in [0.15, 0.2) is 0 Å². The molecule has 24 heavy (non-hydrogen) atoms. The van der Waals surface area contributed by atoms with Gasteiger partial charge < -0.3 is 19.4 Å². The first-order valence-electron chi connectivity index (χ1n) is 7.18. The summed E-state index contributed by atoms with van der Waals surface area (Å²) in [6.07, 6.45) is -1.19. The van der Waals surface area contributed by atoms with Gasteiger partial charge in [-0.2, -0.15) is 0 Å². The maximum atomic E-state index is 11.5. The number of ether oxygens (including phenoxy) is 1. The van der Waals surface area contributed by atoms with Crippen molar-refractivity contribution in [2.75, 3.05) is 0 Å². The summed E-state index contributed by atoms with van der Waals surface area (Å²) in [6, 6.07) is 13.1. The summed E-state index contributed by atoms with van der Waals surface area (Å²) in [4.78, 5) is 22.9. The highest BCUT2D eigenvalue weighted by atomic mass is 16.5. The minimum Gasteiger partial charge on any atom is -0.478 e. The van der Waals surface area contributed by atoms with Crippen molar-refractivity contribution in [3.05, 3.63) is 65.4 Å². The van der Waals surface area contributed by atoms with E-state index in [-0.39, 0.29) is 17.1 Å². The summed E-state index contributed by atoms with van der Waals surface area (Å²) in [5, 5.41) is 19.1. The van der Waals surface area contributed by atoms with Crippen molar-refractivity contribution in [3.63, 3.8) is 0 Å². The molecule has 0 saturated carbocycles. The molecular weight excluding hydrogens is 312 g/mol. The van der Waals surface area contributed by atoms with E-state index in [1.54, 1.807) is 49.4 Å². The Kier molecular flexibility index (Phi) is 3.95. The Hall–Kier alpha value is -3.28. The van der Waals surface area contributed by atoms with Gasteiger partial charge in [0, 0.05) is 10.9 Å². The maximum absolute atomic E-state index is 11.5. The van der Waals surface area contributed by atoms with Crippen LogP contribution in [0.5, 0.6) is 5.75 Å². The van der Waals surface area contributed by atoms with Crippen LogP contribution in [0.4, 0.5) is 0 Å². The number of furan rings is 1. The predicted octanol–water partition coefficient (Wildman–Crippen LogP) is 3.64. The molecule has 0 bridgehead atoms. The molecule has 0 spiro atoms. The predicted molar refractivity (Wildman–Crippen MR) is 85.4 cm³/mol. The third-order valence-corrected chi connectivity index (χ3v) is 3.63. The van der Waals surface area contributed by atoms with E-state index in [1.165, 1.54) is 6.07 Å². The van der Waals surface area contributed by atoms with E-state index in [0.29, 0.717) is 16.5 Å². The molecule has 0 unspecified atom stereocenters. The molecule has 6 nitrogen and oxygen atoms in total. The molecule has 1 aromatic heterocycles. The number of rotatable bonds is 5. The van der Waals surface area contributed by atoms with Crippen molar-refractivity contribution in [2.45, 2.75) is 13.0 Å². The van der Waals surface area contributed by atoms with Crippen LogP contribution in [0.25, 0.3) is 11.0 Å². The number of carboxylic acids is 2. The zero-order chi connectivity index (χ0) is 17.3. The lowest BCUT2D eigenvalue weighted by Gasteiger charge is -2.15. The number of hydrogen-bond donors (Lipinski definition) is 2. The average Bonchev–Trinajstić information content (AvgIpc) is 2.88. The van der Waals surface area contributed by atoms with Crippen LogP contribution < -0.4 is 4.74 Å². The number of benzene rings is 2. The van der Waals surface area contributed by atoms with Gasteiger partial charge >= 0.3 is 11.9 Å². The van der Waals surface area contributed by atoms with Crippen LogP contribution in [0, 0.1) is 6.92 Å². The minimum atomic E-state index is -1.19. The van der Waals surface area contributed by atoms with Crippen molar-refractivity contribution >= 4 is 22.9 Å². The molecule has 122 valence electrons. The Labute approximate surface area is 136 Å². The Morgan fingerprint density at radius 2 is 1.79 bits per heavy atom. The molecule has 3 aromatic rings. The molecule has 0 aliphatic heterocycles. The quantitative estimate of drug-likeness (QED) is 0.743. The smallest absolute Gasteiger partial charge is 0.349 e. The van der Waals surface area contributed by atoms with Gasteiger partial charge in [-0.05, 0) is 25.1 Å². The van der Waals surface area contributed by atoms with Gasteiger partial charge in [0.05, 0.1) is 0 Å². The van der Waals surface area contributed by atoms with Crippen molar-refractivity contribution < 1.29 is 29.0 Å². The van der Waals surface area contributed by atoms with Crippen LogP contribution in [0.3, 0.4) is 0 Å². The summed E-state index contributed by atoms with van der Waals surface area (Å²) in [5.41, 5.74) is 0.942. The second-order valence-corrected chi connectivity index (χ2v) is 5.24. The van der Waals surface area contributed by atoms with Crippen molar-refractivity contribution in [1.82, 2.24) is 0 Å². The summed E-state index contributed by atoms with van der Waals surface area (Å²) in [5.74, 6) is -1.71. The Bertz CT molecular complexity index is 910. The molecule has 0 saturated heterocycles. The van der Waals surface area contributed by atoms with Gasteiger partial charge in [0.1, 0.15) is 22.7 Å². The molecule has 2 aromatic carbocycles. The average molecular weight is 326 g/mol. The number of fused-ring (bicyclic) bond motifs is 1. The van der Waals surface area contributed by atoms with Crippen LogP contribution in [-0.2, 0) is 4.79 Å². The van der Waals surface area contributed by atoms with Gasteiger partial charge in [0.2, 0.25) is 6.10 Å². The van der Waals surface area contributed by atoms with Crippen LogP contribution in [-0.4, -0.2) is 22.2 Å². The topological polar surface area (TPSA) is 97.0 Å². The Morgan fingerprint density at radius 3 is 2.42 bits per heavy atom. The Balaban J connectivity index is 2.01. The molecule has 0 radical (unpaired) electrons. The van der Waals surface area contributed by atoms with Crippen molar-refractivity contribution in [1.29, 1.82) is 0 Å². The minimum absolute atomic E-state index is 0.0436. The van der Waals surface area contributed by atoms with E-state index in [1.807, 2.05) is 0 Å². The first-order chi connectivity index (χ1) is 11.5. The molecular formula is C18H14O6. The normalized spacial score (nSPS) is 12.0. The monoisotopic (exact) mass is 326 g/mol. The summed E-state index contributed by atoms with van der Waals surface area (Å²) in [6.45, 7) is 1.56. The van der Waals surface area contributed by atoms with Crippen molar-refractivity contribution in [2.24, 2.45) is 0 Å². The molecule has 1 heterocycles. The number of carbonyl (C=O) groups is 2. The molecule has 2 N–H and O–H groups in total. The highest BCUT2D eigenvalue weighted by molar-refractivity contribution is 6.04. The summed E-state index contributed by atoms with van der Waals surface area (Å²) in [7, 11) is 0. The first kappa shape index (κ1) is 15.6. The van der Waals surface area contributed by atoms with Crippen LogP contribution in [0.15, 0.2) is 52.9 Å². The third kappa shape index (κ3) is 2.81. The summed E-state index contributed by atoms with van der Waals surface area (Å²) < 4.78 is 11.0. The lowest BCUT2D eigenvalue weighted by atomic mass is 10.1. The summed E-state index contributed by atoms with van der Waals surface area (Å²) >= 11 is 0. The van der Waals surface area contributed by atoms with E-state index in [4.69, 9.17) is 9.15 Å². The largest absolute Gasteiger partial charge is 0.478 e. The second kappa shape index (κ2) is 6.08. The number of carboxylic acid groups (broad SMARTS) is 2. The van der Waals surface area contributed by atoms with Gasteiger partial charge in [-0.25, -0.2) is 9.59 Å². The molecule has 0 amide bonds. The molecule has 6 heteroatoms. The zero-order valence-electron chi connectivity index (χ0n) is 12.7. The number of hydrogen-bond acceptors (Lipinski definition) is 4. The SMILES string of the molecule is Cc1oc2ccc(O[C@H](C(=O)O)c3ccccc3)cc2c1C(=O)O. The highest BCUT2D eigenvalue weighted by Crippen LogP contribution is 2.31. The van der Waals surface area contributed by atoms with E-state index in [0.717, 1.165) is 0 Å². The molecule has 0 fully saturated rings. The van der Waals surface area contributed by atoms with E-state index in [2.05, 4.69) is 0 Å². The Morgan fingerprint density at radius 1 is 1.08 bits per heavy atom. The molecule has 0 aliphatic carbocycles. The lowest BCUT2D eigenvalue weighted by molar-refractivity contribution is -0.145. The molecule has 3 rings (SSSR count). The fourth-order valence-electron chi connectivity index (χ4n) is 2.56. The van der Waals surface area contributed by atoms with Crippen LogP contribution in [0.1, 0.15) is 27.8 Å². The van der Waals surface area contributed by atoms with Crippen LogP contribution in [0.2, 0.25) is 0 Å². The molecule has 0 aliphatic rings. The number of aromatic carboxylic acids is 1. The van der Waals surface area contributed by atoms with Crippen molar-refractivity contribution in [3.8, 4) is 5.75 Å². The van der Waals surface area contributed by atoms with Crippen LogP contribution >= 0.6 is 0 Å². The molecule has 1 atom stereocenters. The number of aryl methyl sites for hydroxylation is 1. The van der Waals surface area contributed by atoms with Gasteiger partial charge in [-0.1, -0.05) is 30.3 Å². The zero-order valence-corrected chi connectivity index (χ0v) is 12.7. The van der Waals surface area contributed by atoms with E-state index >= 15 is 0 Å². The lowest BCUT2D eigenvalue weighted by Crippen LogP contribution is -2.18. The van der Waals surface area contributed by atoms with E-state index in [9.17, 15) is 19.8 Å². The van der Waals surface area contributed by atoms with Gasteiger partial charge in [0.25, 0.3) is 0 Å². The highest BCUT2D eigenvalue weighted by Gasteiger charge is 2.23. The van der Waals surface area contributed by atoms with E-state index < -0.39 is 18.0 Å². The second-order valence-electron chi connectivity index (χ2n) is 5.24. The standard InChI is InChI=1S/C18H14O6/c1-10-15(17(19)20)13-9-12(7-8-14(13)23-10)24-16(18(21)22)11-5-3-2-4-6-11/h2-9,16H,1H3,(H,19,20)(H,21,22)/t16-/m0/s1. The number of aliphatic carboxylic acids is 1. The van der Waals surface area contributed by atoms with Gasteiger partial charge in [-0.15, -0.1) is 0 Å². The third-order valence-electron chi connectivity index (χ3n) is 3.63. The first-order valence-corrected chi connectivity index (χ1v) is 7.18. The fourth-order valence-corrected chi connectivity index (χ4v) is 2.56.